The van der Waals surface area contributed by atoms with E-state index >= 15 is 0 Å². The average Bonchev–Trinajstić information content (AvgIpc) is 2.96. The van der Waals surface area contributed by atoms with E-state index < -0.39 is 0 Å². The van der Waals surface area contributed by atoms with E-state index in [0.717, 1.165) is 28.2 Å². The van der Waals surface area contributed by atoms with Gasteiger partial charge < -0.3 is 0 Å². The first-order chi connectivity index (χ1) is 10.8. The van der Waals surface area contributed by atoms with Crippen molar-refractivity contribution in [1.29, 1.82) is 0 Å². The van der Waals surface area contributed by atoms with E-state index in [-0.39, 0.29) is 5.82 Å². The molecule has 0 aliphatic carbocycles. The molecule has 0 atom stereocenters. The van der Waals surface area contributed by atoms with Crippen LogP contribution in [0.4, 0.5) is 4.39 Å². The number of pyridine rings is 1. The van der Waals surface area contributed by atoms with Crippen LogP contribution in [0.1, 0.15) is 0 Å². The molecular formula is C19H13FN2. The van der Waals surface area contributed by atoms with Crippen molar-refractivity contribution in [2.45, 2.75) is 0 Å². The summed E-state index contributed by atoms with van der Waals surface area (Å²) in [5, 5.41) is 0. The molecule has 0 fully saturated rings. The fourth-order valence-electron chi connectivity index (χ4n) is 2.65. The number of halogens is 1. The smallest absolute Gasteiger partial charge is 0.145 e. The number of fused-ring (bicyclic) bond motifs is 1. The lowest BCUT2D eigenvalue weighted by atomic mass is 10.1. The van der Waals surface area contributed by atoms with Gasteiger partial charge in [-0.3, -0.25) is 4.40 Å². The van der Waals surface area contributed by atoms with Crippen molar-refractivity contribution >= 4 is 5.52 Å². The van der Waals surface area contributed by atoms with E-state index in [1.807, 2.05) is 59.1 Å². The molecule has 0 aliphatic rings. The molecule has 0 amide bonds. The van der Waals surface area contributed by atoms with Crippen molar-refractivity contribution in [3.05, 3.63) is 84.8 Å². The second kappa shape index (κ2) is 5.11. The van der Waals surface area contributed by atoms with Gasteiger partial charge in [-0.1, -0.05) is 36.4 Å². The second-order valence-electron chi connectivity index (χ2n) is 5.11. The monoisotopic (exact) mass is 288 g/mol. The Hall–Kier alpha value is -2.94. The third kappa shape index (κ3) is 2.07. The van der Waals surface area contributed by atoms with Crippen LogP contribution in [0.2, 0.25) is 0 Å². The van der Waals surface area contributed by atoms with Crippen LogP contribution < -0.4 is 0 Å². The second-order valence-corrected chi connectivity index (χ2v) is 5.11. The van der Waals surface area contributed by atoms with Gasteiger partial charge in [0.25, 0.3) is 0 Å². The number of nitrogens with zero attached hydrogens (tertiary/aromatic N) is 2. The summed E-state index contributed by atoms with van der Waals surface area (Å²) in [6.07, 6.45) is 1.98. The third-order valence-corrected chi connectivity index (χ3v) is 3.70. The van der Waals surface area contributed by atoms with Gasteiger partial charge in [-0.15, -0.1) is 0 Å². The van der Waals surface area contributed by atoms with Crippen LogP contribution in [0, 0.1) is 5.82 Å². The molecule has 0 bridgehead atoms. The summed E-state index contributed by atoms with van der Waals surface area (Å²) in [5.41, 5.74) is 3.93. The zero-order valence-corrected chi connectivity index (χ0v) is 11.8. The Morgan fingerprint density at radius 1 is 0.727 bits per heavy atom. The van der Waals surface area contributed by atoms with E-state index in [9.17, 15) is 4.39 Å². The van der Waals surface area contributed by atoms with Gasteiger partial charge in [0.1, 0.15) is 11.6 Å². The lowest BCUT2D eigenvalue weighted by molar-refractivity contribution is 0.628. The maximum Gasteiger partial charge on any atom is 0.145 e. The highest BCUT2D eigenvalue weighted by atomic mass is 19.1. The summed E-state index contributed by atoms with van der Waals surface area (Å²) in [5.74, 6) is 0.572. The largest absolute Gasteiger partial charge is 0.299 e. The molecule has 106 valence electrons. The number of benzene rings is 2. The fourth-order valence-corrected chi connectivity index (χ4v) is 2.65. The summed E-state index contributed by atoms with van der Waals surface area (Å²) in [6, 6.07) is 22.5. The third-order valence-electron chi connectivity index (χ3n) is 3.70. The van der Waals surface area contributed by atoms with E-state index in [1.165, 1.54) is 12.1 Å². The molecule has 0 unspecified atom stereocenters. The van der Waals surface area contributed by atoms with Gasteiger partial charge in [0, 0.05) is 17.3 Å². The molecule has 2 heterocycles. The standard InChI is InChI=1S/C19H13FN2/c20-16-11-9-15(10-12-16)19-21-18(14-6-2-1-3-7-14)17-8-4-5-13-22(17)19/h1-13H. The normalized spacial score (nSPS) is 11.0. The van der Waals surface area contributed by atoms with Crippen LogP contribution in [0.25, 0.3) is 28.2 Å². The Balaban J connectivity index is 1.99. The zero-order valence-electron chi connectivity index (χ0n) is 11.8. The van der Waals surface area contributed by atoms with Crippen molar-refractivity contribution in [3.8, 4) is 22.6 Å². The SMILES string of the molecule is Fc1ccc(-c2nc(-c3ccccc3)c3ccccn23)cc1. The predicted molar refractivity (Wildman–Crippen MR) is 86.0 cm³/mol. The minimum atomic E-state index is -0.243. The molecule has 0 radical (unpaired) electrons. The molecule has 0 saturated carbocycles. The average molecular weight is 288 g/mol. The van der Waals surface area contributed by atoms with Crippen LogP contribution in [0.3, 0.4) is 0 Å². The highest BCUT2D eigenvalue weighted by Crippen LogP contribution is 2.29. The van der Waals surface area contributed by atoms with Crippen molar-refractivity contribution in [2.24, 2.45) is 0 Å². The predicted octanol–water partition coefficient (Wildman–Crippen LogP) is 4.81. The maximum atomic E-state index is 13.2. The van der Waals surface area contributed by atoms with Crippen molar-refractivity contribution in [3.63, 3.8) is 0 Å². The van der Waals surface area contributed by atoms with Crippen LogP contribution >= 0.6 is 0 Å². The molecule has 3 heteroatoms. The number of imidazole rings is 1. The fraction of sp³-hybridized carbons (Fsp3) is 0. The Labute approximate surface area is 127 Å². The van der Waals surface area contributed by atoms with Gasteiger partial charge in [0.05, 0.1) is 11.2 Å². The quantitative estimate of drug-likeness (QED) is 0.517. The van der Waals surface area contributed by atoms with Gasteiger partial charge in [0.15, 0.2) is 0 Å². The summed E-state index contributed by atoms with van der Waals surface area (Å²) >= 11 is 0. The van der Waals surface area contributed by atoms with Crippen LogP contribution in [-0.4, -0.2) is 9.38 Å². The number of aromatic nitrogens is 2. The van der Waals surface area contributed by atoms with Crippen molar-refractivity contribution in [2.75, 3.05) is 0 Å². The zero-order chi connectivity index (χ0) is 14.9. The first kappa shape index (κ1) is 12.8. The van der Waals surface area contributed by atoms with E-state index in [0.29, 0.717) is 0 Å². The molecule has 0 aliphatic heterocycles. The topological polar surface area (TPSA) is 17.3 Å². The van der Waals surface area contributed by atoms with Gasteiger partial charge in [-0.2, -0.15) is 0 Å². The molecule has 4 aromatic rings. The summed E-state index contributed by atoms with van der Waals surface area (Å²) < 4.78 is 15.2. The molecule has 0 saturated heterocycles. The minimum absolute atomic E-state index is 0.243. The van der Waals surface area contributed by atoms with E-state index in [1.54, 1.807) is 12.1 Å². The van der Waals surface area contributed by atoms with Crippen LogP contribution in [0.5, 0.6) is 0 Å². The van der Waals surface area contributed by atoms with Crippen LogP contribution in [-0.2, 0) is 0 Å². The molecule has 0 N–H and O–H groups in total. The lowest BCUT2D eigenvalue weighted by Gasteiger charge is -2.00. The van der Waals surface area contributed by atoms with Crippen LogP contribution in [0.15, 0.2) is 79.0 Å². The Bertz CT molecular complexity index is 925. The number of rotatable bonds is 2. The van der Waals surface area contributed by atoms with Crippen molar-refractivity contribution < 1.29 is 4.39 Å². The van der Waals surface area contributed by atoms with E-state index in [2.05, 4.69) is 0 Å². The summed E-state index contributed by atoms with van der Waals surface area (Å²) in [6.45, 7) is 0. The van der Waals surface area contributed by atoms with Gasteiger partial charge in [-0.05, 0) is 36.4 Å². The first-order valence-corrected chi connectivity index (χ1v) is 7.11. The lowest BCUT2D eigenvalue weighted by Crippen LogP contribution is -1.88. The van der Waals surface area contributed by atoms with Crippen molar-refractivity contribution in [1.82, 2.24) is 9.38 Å². The Morgan fingerprint density at radius 2 is 1.45 bits per heavy atom. The van der Waals surface area contributed by atoms with Gasteiger partial charge in [0.2, 0.25) is 0 Å². The number of hydrogen-bond acceptors (Lipinski definition) is 1. The summed E-state index contributed by atoms with van der Waals surface area (Å²) in [4.78, 5) is 4.80. The molecule has 22 heavy (non-hydrogen) atoms. The summed E-state index contributed by atoms with van der Waals surface area (Å²) in [7, 11) is 0. The molecule has 2 aromatic heterocycles. The molecule has 0 spiro atoms. The molecular weight excluding hydrogens is 275 g/mol. The Kier molecular flexibility index (Phi) is 2.97. The molecule has 2 aromatic carbocycles. The number of hydrogen-bond donors (Lipinski definition) is 0. The minimum Gasteiger partial charge on any atom is -0.299 e. The van der Waals surface area contributed by atoms with Gasteiger partial charge >= 0.3 is 0 Å². The Morgan fingerprint density at radius 3 is 2.23 bits per heavy atom. The molecule has 4 rings (SSSR count). The first-order valence-electron chi connectivity index (χ1n) is 7.11. The van der Waals surface area contributed by atoms with E-state index in [4.69, 9.17) is 4.98 Å². The maximum absolute atomic E-state index is 13.2. The molecule has 2 nitrogen and oxygen atoms in total. The highest BCUT2D eigenvalue weighted by molar-refractivity contribution is 5.81. The highest BCUT2D eigenvalue weighted by Gasteiger charge is 2.13. The van der Waals surface area contributed by atoms with Gasteiger partial charge in [-0.25, -0.2) is 9.37 Å².